The quantitative estimate of drug-likeness (QED) is 0.836. The van der Waals surface area contributed by atoms with E-state index in [1.807, 2.05) is 24.3 Å². The Bertz CT molecular complexity index is 803. The normalized spacial score (nSPS) is 24.3. The Morgan fingerprint density at radius 1 is 1.27 bits per heavy atom. The molecule has 26 heavy (non-hydrogen) atoms. The highest BCUT2D eigenvalue weighted by atomic mass is 19.3. The van der Waals surface area contributed by atoms with E-state index in [0.717, 1.165) is 24.8 Å². The zero-order chi connectivity index (χ0) is 18.3. The average Bonchev–Trinajstić information content (AvgIpc) is 3.02. The van der Waals surface area contributed by atoms with Crippen molar-refractivity contribution in [2.75, 3.05) is 6.54 Å². The first kappa shape index (κ1) is 17.0. The van der Waals surface area contributed by atoms with Gasteiger partial charge in [-0.05, 0) is 43.5 Å². The predicted octanol–water partition coefficient (Wildman–Crippen LogP) is 3.57. The van der Waals surface area contributed by atoms with E-state index in [1.54, 1.807) is 28.9 Å². The number of aryl methyl sites for hydroxylation is 1. The zero-order valence-electron chi connectivity index (χ0n) is 14.6. The van der Waals surface area contributed by atoms with Crippen LogP contribution in [0.2, 0.25) is 0 Å². The Balaban J connectivity index is 1.48. The van der Waals surface area contributed by atoms with Crippen molar-refractivity contribution < 1.29 is 18.3 Å². The molecule has 138 valence electrons. The summed E-state index contributed by atoms with van der Waals surface area (Å²) in [5.41, 5.74) is 1.58. The molecule has 0 N–H and O–H groups in total. The minimum atomic E-state index is -2.72. The molecule has 2 unspecified atom stereocenters. The van der Waals surface area contributed by atoms with Gasteiger partial charge in [-0.15, -0.1) is 0 Å². The van der Waals surface area contributed by atoms with E-state index in [2.05, 4.69) is 5.10 Å². The number of likely N-dealkylation sites (tertiary alicyclic amines) is 1. The summed E-state index contributed by atoms with van der Waals surface area (Å²) in [5, 5.41) is 4.22. The molecule has 2 aliphatic rings. The van der Waals surface area contributed by atoms with Gasteiger partial charge in [-0.25, -0.2) is 8.78 Å². The number of ether oxygens (including phenoxy) is 1. The van der Waals surface area contributed by atoms with Crippen molar-refractivity contribution in [3.63, 3.8) is 0 Å². The van der Waals surface area contributed by atoms with Gasteiger partial charge in [-0.1, -0.05) is 0 Å². The number of hydrogen-bond acceptors (Lipinski definition) is 3. The number of alkyl halides is 2. The zero-order valence-corrected chi connectivity index (χ0v) is 14.6. The summed E-state index contributed by atoms with van der Waals surface area (Å²) in [6.45, 7) is 0.699. The molecule has 1 amide bonds. The van der Waals surface area contributed by atoms with Gasteiger partial charge in [0.15, 0.2) is 6.10 Å². The highest BCUT2D eigenvalue weighted by Crippen LogP contribution is 2.44. The van der Waals surface area contributed by atoms with Crippen molar-refractivity contribution in [1.82, 2.24) is 14.7 Å². The second-order valence-corrected chi connectivity index (χ2v) is 7.05. The van der Waals surface area contributed by atoms with Crippen molar-refractivity contribution in [1.29, 1.82) is 0 Å². The third kappa shape index (κ3) is 3.30. The van der Waals surface area contributed by atoms with E-state index in [1.165, 1.54) is 0 Å². The fourth-order valence-corrected chi connectivity index (χ4v) is 3.46. The van der Waals surface area contributed by atoms with Gasteiger partial charge in [-0.3, -0.25) is 9.48 Å². The monoisotopic (exact) mass is 361 g/mol. The molecular weight excluding hydrogens is 340 g/mol. The first-order valence-corrected chi connectivity index (χ1v) is 8.88. The summed E-state index contributed by atoms with van der Waals surface area (Å²) < 4.78 is 32.9. The lowest BCUT2D eigenvalue weighted by Gasteiger charge is -2.35. The van der Waals surface area contributed by atoms with Crippen LogP contribution in [-0.4, -0.2) is 39.2 Å². The van der Waals surface area contributed by atoms with Gasteiger partial charge in [0.2, 0.25) is 0 Å². The molecule has 1 aliphatic carbocycles. The van der Waals surface area contributed by atoms with Crippen LogP contribution >= 0.6 is 0 Å². The maximum Gasteiger partial charge on any atom is 0.288 e. The summed E-state index contributed by atoms with van der Waals surface area (Å²) >= 11 is 0. The van der Waals surface area contributed by atoms with Gasteiger partial charge in [-0.2, -0.15) is 5.10 Å². The van der Waals surface area contributed by atoms with Crippen LogP contribution in [0.1, 0.15) is 47.6 Å². The molecule has 2 fully saturated rings. The average molecular weight is 361 g/mol. The first-order valence-electron chi connectivity index (χ1n) is 8.88. The van der Waals surface area contributed by atoms with Crippen molar-refractivity contribution in [2.45, 2.75) is 43.8 Å². The summed E-state index contributed by atoms with van der Waals surface area (Å²) in [7, 11) is 1.86. The van der Waals surface area contributed by atoms with E-state index < -0.39 is 12.0 Å². The fraction of sp³-hybridized carbons (Fsp3) is 0.474. The smallest absolute Gasteiger partial charge is 0.288 e. The molecule has 2 aromatic rings. The predicted molar refractivity (Wildman–Crippen MR) is 91.3 cm³/mol. The standard InChI is InChI=1S/C19H21F2N3O2/c1-23-12-14(11-22-23)16-4-2-3-9-24(16)18(25)13-5-7-15(8-6-13)26-17-10-19(17,20)21/h5-8,11-12,16-17H,2-4,9-10H2,1H3. The molecule has 1 saturated carbocycles. The third-order valence-corrected chi connectivity index (χ3v) is 5.02. The highest BCUT2D eigenvalue weighted by Gasteiger charge is 2.59. The summed E-state index contributed by atoms with van der Waals surface area (Å²) in [6, 6.07) is 6.49. The van der Waals surface area contributed by atoms with Gasteiger partial charge < -0.3 is 9.64 Å². The molecule has 1 aromatic heterocycles. The number of halogens is 2. The number of amides is 1. The maximum atomic E-state index is 13.0. The third-order valence-electron chi connectivity index (χ3n) is 5.02. The summed E-state index contributed by atoms with van der Waals surface area (Å²) in [5.74, 6) is -2.41. The van der Waals surface area contributed by atoms with E-state index in [0.29, 0.717) is 17.9 Å². The van der Waals surface area contributed by atoms with Crippen molar-refractivity contribution in [2.24, 2.45) is 7.05 Å². The number of carbonyl (C=O) groups is 1. The molecule has 4 rings (SSSR count). The molecule has 2 heterocycles. The number of rotatable bonds is 4. The Morgan fingerprint density at radius 3 is 2.62 bits per heavy atom. The number of benzene rings is 1. The van der Waals surface area contributed by atoms with Crippen LogP contribution in [-0.2, 0) is 7.05 Å². The van der Waals surface area contributed by atoms with Crippen LogP contribution in [0.15, 0.2) is 36.7 Å². The SMILES string of the molecule is Cn1cc(C2CCCCN2C(=O)c2ccc(OC3CC3(F)F)cc2)cn1. The number of aromatic nitrogens is 2. The molecule has 0 radical (unpaired) electrons. The lowest BCUT2D eigenvalue weighted by atomic mass is 9.96. The van der Waals surface area contributed by atoms with E-state index in [9.17, 15) is 13.6 Å². The number of hydrogen-bond donors (Lipinski definition) is 0. The highest BCUT2D eigenvalue weighted by molar-refractivity contribution is 5.94. The van der Waals surface area contributed by atoms with E-state index >= 15 is 0 Å². The van der Waals surface area contributed by atoms with Crippen LogP contribution in [0.25, 0.3) is 0 Å². The molecule has 1 aliphatic heterocycles. The molecule has 2 atom stereocenters. The minimum Gasteiger partial charge on any atom is -0.484 e. The van der Waals surface area contributed by atoms with Crippen LogP contribution in [0.3, 0.4) is 0 Å². The second-order valence-electron chi connectivity index (χ2n) is 7.05. The lowest BCUT2D eigenvalue weighted by Crippen LogP contribution is -2.38. The molecule has 7 heteroatoms. The topological polar surface area (TPSA) is 47.4 Å². The summed E-state index contributed by atoms with van der Waals surface area (Å²) in [4.78, 5) is 14.9. The van der Waals surface area contributed by atoms with Crippen LogP contribution in [0.5, 0.6) is 5.75 Å². The van der Waals surface area contributed by atoms with E-state index in [-0.39, 0.29) is 18.4 Å². The molecule has 1 aromatic carbocycles. The number of piperidine rings is 1. The lowest BCUT2D eigenvalue weighted by molar-refractivity contribution is 0.0609. The van der Waals surface area contributed by atoms with Gasteiger partial charge in [0.05, 0.1) is 18.7 Å². The largest absolute Gasteiger partial charge is 0.484 e. The molecule has 0 bridgehead atoms. The maximum absolute atomic E-state index is 13.0. The molecule has 5 nitrogen and oxygen atoms in total. The van der Waals surface area contributed by atoms with Crippen LogP contribution in [0, 0.1) is 0 Å². The second kappa shape index (κ2) is 6.37. The van der Waals surface area contributed by atoms with Gasteiger partial charge in [0, 0.05) is 30.9 Å². The van der Waals surface area contributed by atoms with Gasteiger partial charge in [0.25, 0.3) is 11.8 Å². The Hall–Kier alpha value is -2.44. The molecular formula is C19H21F2N3O2. The minimum absolute atomic E-state index is 0.0195. The Labute approximate surface area is 150 Å². The van der Waals surface area contributed by atoms with Crippen molar-refractivity contribution in [3.05, 3.63) is 47.8 Å². The van der Waals surface area contributed by atoms with Gasteiger partial charge in [0.1, 0.15) is 5.75 Å². The summed E-state index contributed by atoms with van der Waals surface area (Å²) in [6.07, 6.45) is 5.43. The number of carbonyl (C=O) groups excluding carboxylic acids is 1. The van der Waals surface area contributed by atoms with Crippen LogP contribution in [0.4, 0.5) is 8.78 Å². The van der Waals surface area contributed by atoms with Crippen LogP contribution < -0.4 is 4.74 Å². The Morgan fingerprint density at radius 2 is 2.00 bits per heavy atom. The van der Waals surface area contributed by atoms with E-state index in [4.69, 9.17) is 4.74 Å². The Kier molecular flexibility index (Phi) is 4.17. The molecule has 0 spiro atoms. The first-order chi connectivity index (χ1) is 12.4. The van der Waals surface area contributed by atoms with Gasteiger partial charge >= 0.3 is 0 Å². The number of nitrogens with zero attached hydrogens (tertiary/aromatic N) is 3. The fourth-order valence-electron chi connectivity index (χ4n) is 3.46. The van der Waals surface area contributed by atoms with Crippen molar-refractivity contribution in [3.8, 4) is 5.75 Å². The van der Waals surface area contributed by atoms with Crippen molar-refractivity contribution >= 4 is 5.91 Å². The molecule has 1 saturated heterocycles.